The molecule has 204 valence electrons. The van der Waals surface area contributed by atoms with Crippen LogP contribution >= 0.6 is 23.2 Å². The fraction of sp³-hybridized carbons (Fsp3) is 0.533. The highest BCUT2D eigenvalue weighted by molar-refractivity contribution is 6.42. The molecule has 0 bridgehead atoms. The van der Waals surface area contributed by atoms with Gasteiger partial charge < -0.3 is 14.7 Å². The molecule has 1 amide bonds. The molecule has 2 aromatic carbocycles. The molecule has 2 aromatic rings. The number of aromatic hydroxyl groups is 1. The Labute approximate surface area is 234 Å². The summed E-state index contributed by atoms with van der Waals surface area (Å²) < 4.78 is 6.33. The van der Waals surface area contributed by atoms with Crippen molar-refractivity contribution in [2.75, 3.05) is 26.7 Å². The molecule has 3 fully saturated rings. The summed E-state index contributed by atoms with van der Waals surface area (Å²) >= 11 is 12.2. The molecule has 2 saturated carbocycles. The van der Waals surface area contributed by atoms with E-state index in [0.717, 1.165) is 43.0 Å². The lowest BCUT2D eigenvalue weighted by Gasteiger charge is -2.60. The maximum Gasteiger partial charge on any atom is 0.303 e. The number of carbonyl (C=O) groups is 2. The Kier molecular flexibility index (Phi) is 7.69. The van der Waals surface area contributed by atoms with Gasteiger partial charge in [0.25, 0.3) is 0 Å². The van der Waals surface area contributed by atoms with Gasteiger partial charge in [-0.2, -0.15) is 0 Å². The number of hydrogen-bond acceptors (Lipinski definition) is 5. The third-order valence-corrected chi connectivity index (χ3v) is 9.64. The first-order valence-electron chi connectivity index (χ1n) is 13.5. The van der Waals surface area contributed by atoms with Crippen LogP contribution in [0.3, 0.4) is 0 Å². The van der Waals surface area contributed by atoms with Crippen LogP contribution in [-0.2, 0) is 26.2 Å². The quantitative estimate of drug-likeness (QED) is 0.447. The van der Waals surface area contributed by atoms with Crippen LogP contribution in [0, 0.1) is 5.92 Å². The van der Waals surface area contributed by atoms with Crippen molar-refractivity contribution in [1.29, 1.82) is 0 Å². The van der Waals surface area contributed by atoms with Crippen LogP contribution in [0.5, 0.6) is 5.75 Å². The Bertz CT molecular complexity index is 1220. The van der Waals surface area contributed by atoms with Gasteiger partial charge in [0.1, 0.15) is 11.4 Å². The van der Waals surface area contributed by atoms with Crippen LogP contribution in [0.1, 0.15) is 56.6 Å². The van der Waals surface area contributed by atoms with Crippen molar-refractivity contribution in [3.05, 3.63) is 63.6 Å². The zero-order chi connectivity index (χ0) is 27.1. The lowest BCUT2D eigenvalue weighted by Crippen LogP contribution is -2.68. The van der Waals surface area contributed by atoms with Crippen LogP contribution in [0.4, 0.5) is 0 Å². The molecule has 5 rings (SSSR count). The number of likely N-dealkylation sites (N-methyl/N-ethyl adjacent to an activating group) is 1. The van der Waals surface area contributed by atoms with E-state index in [1.165, 1.54) is 19.8 Å². The van der Waals surface area contributed by atoms with E-state index in [-0.39, 0.29) is 30.1 Å². The number of phenols is 1. The number of amides is 1. The standard InChI is InChI=1S/C30H36Cl2N2O4/c1-20(35)38-30-11-10-24(33(2)28(37)15-22-8-9-26(31)27(32)14-22)17-29(30,23-4-3-5-25(36)16-23)12-13-34(19-30)18-21-6-7-21/h3-5,8-9,14,16,21,24,36H,6-7,10-13,15,17-19H2,1-2H3/t24-,29+,30+/m1/s1. The molecule has 3 atom stereocenters. The van der Waals surface area contributed by atoms with Crippen LogP contribution in [0.2, 0.25) is 10.0 Å². The van der Waals surface area contributed by atoms with Gasteiger partial charge in [-0.1, -0.05) is 41.4 Å². The fourth-order valence-corrected chi connectivity index (χ4v) is 7.09. The first-order valence-corrected chi connectivity index (χ1v) is 14.3. The van der Waals surface area contributed by atoms with Gasteiger partial charge in [-0.05, 0) is 86.4 Å². The Morgan fingerprint density at radius 2 is 1.89 bits per heavy atom. The molecule has 6 nitrogen and oxygen atoms in total. The van der Waals surface area contributed by atoms with E-state index in [9.17, 15) is 14.7 Å². The summed E-state index contributed by atoms with van der Waals surface area (Å²) in [5.74, 6) is 0.648. The topological polar surface area (TPSA) is 70.1 Å². The molecule has 1 heterocycles. The number of likely N-dealkylation sites (tertiary alicyclic amines) is 1. The van der Waals surface area contributed by atoms with E-state index >= 15 is 0 Å². The molecule has 3 aliphatic rings. The molecular formula is C30H36Cl2N2O4. The van der Waals surface area contributed by atoms with E-state index in [2.05, 4.69) is 4.90 Å². The predicted molar refractivity (Wildman–Crippen MR) is 149 cm³/mol. The number of nitrogens with zero attached hydrogens (tertiary/aromatic N) is 2. The highest BCUT2D eigenvalue weighted by atomic mass is 35.5. The fourth-order valence-electron chi connectivity index (χ4n) is 6.77. The summed E-state index contributed by atoms with van der Waals surface area (Å²) in [7, 11) is 1.86. The molecule has 0 radical (unpaired) electrons. The van der Waals surface area contributed by atoms with Gasteiger partial charge in [0.15, 0.2) is 0 Å². The second-order valence-corrected chi connectivity index (χ2v) is 12.3. The summed E-state index contributed by atoms with van der Waals surface area (Å²) in [6.45, 7) is 4.08. The number of esters is 1. The molecule has 38 heavy (non-hydrogen) atoms. The second kappa shape index (κ2) is 10.7. The number of carbonyl (C=O) groups excluding carboxylic acids is 2. The largest absolute Gasteiger partial charge is 0.508 e. The van der Waals surface area contributed by atoms with Crippen LogP contribution in [0.25, 0.3) is 0 Å². The van der Waals surface area contributed by atoms with Crippen molar-refractivity contribution in [3.8, 4) is 5.75 Å². The van der Waals surface area contributed by atoms with Crippen LogP contribution < -0.4 is 0 Å². The van der Waals surface area contributed by atoms with Crippen molar-refractivity contribution in [3.63, 3.8) is 0 Å². The zero-order valence-electron chi connectivity index (χ0n) is 22.1. The van der Waals surface area contributed by atoms with Crippen molar-refractivity contribution in [2.45, 2.75) is 68.9 Å². The number of fused-ring (bicyclic) bond motifs is 1. The molecule has 1 saturated heterocycles. The lowest BCUT2D eigenvalue weighted by molar-refractivity contribution is -0.190. The van der Waals surface area contributed by atoms with Crippen molar-refractivity contribution in [2.24, 2.45) is 5.92 Å². The minimum atomic E-state index is -0.718. The van der Waals surface area contributed by atoms with Gasteiger partial charge in [0, 0.05) is 38.5 Å². The van der Waals surface area contributed by atoms with E-state index in [1.54, 1.807) is 18.2 Å². The van der Waals surface area contributed by atoms with Crippen molar-refractivity contribution < 1.29 is 19.4 Å². The van der Waals surface area contributed by atoms with E-state index < -0.39 is 11.0 Å². The van der Waals surface area contributed by atoms with E-state index in [4.69, 9.17) is 27.9 Å². The second-order valence-electron chi connectivity index (χ2n) is 11.5. The number of phenolic OH excluding ortho intramolecular Hbond substituents is 1. The van der Waals surface area contributed by atoms with Gasteiger partial charge in [-0.25, -0.2) is 0 Å². The monoisotopic (exact) mass is 558 g/mol. The summed E-state index contributed by atoms with van der Waals surface area (Å²) in [6, 6.07) is 12.6. The Hall–Kier alpha value is -2.28. The molecule has 8 heteroatoms. The Morgan fingerprint density at radius 1 is 1.11 bits per heavy atom. The Morgan fingerprint density at radius 3 is 2.58 bits per heavy atom. The predicted octanol–water partition coefficient (Wildman–Crippen LogP) is 5.61. The van der Waals surface area contributed by atoms with Crippen LogP contribution in [0.15, 0.2) is 42.5 Å². The van der Waals surface area contributed by atoms with Gasteiger partial charge in [-0.15, -0.1) is 0 Å². The molecule has 0 aromatic heterocycles. The van der Waals surface area contributed by atoms with Gasteiger partial charge in [0.2, 0.25) is 5.91 Å². The highest BCUT2D eigenvalue weighted by Crippen LogP contribution is 2.55. The average Bonchev–Trinajstić information content (AvgIpc) is 3.69. The maximum absolute atomic E-state index is 13.4. The Balaban J connectivity index is 1.45. The first-order chi connectivity index (χ1) is 18.1. The lowest BCUT2D eigenvalue weighted by atomic mass is 9.55. The third kappa shape index (κ3) is 5.41. The molecular weight excluding hydrogens is 523 g/mol. The molecule has 1 aliphatic heterocycles. The number of benzene rings is 2. The van der Waals surface area contributed by atoms with E-state index in [0.29, 0.717) is 29.4 Å². The number of ether oxygens (including phenoxy) is 1. The zero-order valence-corrected chi connectivity index (χ0v) is 23.6. The smallest absolute Gasteiger partial charge is 0.303 e. The SMILES string of the molecule is CC(=O)O[C@]12CC[C@@H](N(C)C(=O)Cc3ccc(Cl)c(Cl)c3)C[C@]1(c1cccc(O)c1)CCN(CC1CC1)C2. The van der Waals surface area contributed by atoms with Gasteiger partial charge >= 0.3 is 5.97 Å². The average molecular weight is 560 g/mol. The van der Waals surface area contributed by atoms with Crippen LogP contribution in [-0.4, -0.2) is 65.1 Å². The summed E-state index contributed by atoms with van der Waals surface area (Å²) in [5, 5.41) is 11.3. The van der Waals surface area contributed by atoms with Crippen molar-refractivity contribution in [1.82, 2.24) is 9.80 Å². The summed E-state index contributed by atoms with van der Waals surface area (Å²) in [5.41, 5.74) is 0.555. The minimum absolute atomic E-state index is 0.00519. The maximum atomic E-state index is 13.4. The number of halogens is 2. The summed E-state index contributed by atoms with van der Waals surface area (Å²) in [4.78, 5) is 30.3. The number of hydrogen-bond donors (Lipinski definition) is 1. The van der Waals surface area contributed by atoms with Crippen molar-refractivity contribution >= 4 is 35.1 Å². The molecule has 1 N–H and O–H groups in total. The highest BCUT2D eigenvalue weighted by Gasteiger charge is 2.61. The van der Waals surface area contributed by atoms with Gasteiger partial charge in [0.05, 0.1) is 16.5 Å². The molecule has 2 aliphatic carbocycles. The minimum Gasteiger partial charge on any atom is -0.508 e. The third-order valence-electron chi connectivity index (χ3n) is 8.90. The van der Waals surface area contributed by atoms with E-state index in [1.807, 2.05) is 36.2 Å². The normalized spacial score (nSPS) is 27.4. The number of rotatable bonds is 7. The molecule has 0 spiro atoms. The number of piperidine rings is 1. The summed E-state index contributed by atoms with van der Waals surface area (Å²) in [6.07, 6.45) is 5.60. The first kappa shape index (κ1) is 27.3. The molecule has 0 unspecified atom stereocenters. The van der Waals surface area contributed by atoms with Gasteiger partial charge in [-0.3, -0.25) is 14.5 Å².